The van der Waals surface area contributed by atoms with Gasteiger partial charge < -0.3 is 19.1 Å². The maximum Gasteiger partial charge on any atom is 0.161 e. The Morgan fingerprint density at radius 1 is 0.889 bits per heavy atom. The van der Waals surface area contributed by atoms with E-state index in [-0.39, 0.29) is 6.10 Å². The summed E-state index contributed by atoms with van der Waals surface area (Å²) in [5, 5.41) is 0. The van der Waals surface area contributed by atoms with E-state index in [1.54, 1.807) is 14.2 Å². The van der Waals surface area contributed by atoms with Gasteiger partial charge in [0.15, 0.2) is 11.5 Å². The molecule has 148 valence electrons. The fraction of sp³-hybridized carbons (Fsp3) is 0.478. The van der Waals surface area contributed by atoms with E-state index in [1.165, 1.54) is 5.56 Å². The van der Waals surface area contributed by atoms with Gasteiger partial charge in [-0.25, -0.2) is 0 Å². The van der Waals surface area contributed by atoms with Crippen molar-refractivity contribution in [3.63, 3.8) is 0 Å². The molecular weight excluding hydrogens is 338 g/mol. The van der Waals surface area contributed by atoms with Gasteiger partial charge in [-0.3, -0.25) is 0 Å². The normalized spacial score (nSPS) is 12.2. The molecule has 2 aromatic rings. The number of ether oxygens (including phenoxy) is 3. The monoisotopic (exact) mass is 371 g/mol. The van der Waals surface area contributed by atoms with E-state index in [0.717, 1.165) is 55.9 Å². The molecule has 2 aromatic carbocycles. The summed E-state index contributed by atoms with van der Waals surface area (Å²) in [6.07, 6.45) is 4.21. The lowest BCUT2D eigenvalue weighted by molar-refractivity contribution is 0.0408. The molecule has 0 heterocycles. The Morgan fingerprint density at radius 3 is 2.30 bits per heavy atom. The van der Waals surface area contributed by atoms with Crippen molar-refractivity contribution in [3.05, 3.63) is 59.7 Å². The lowest BCUT2D eigenvalue weighted by Gasteiger charge is -2.20. The third kappa shape index (κ3) is 7.24. The van der Waals surface area contributed by atoms with Crippen LogP contribution < -0.4 is 9.47 Å². The maximum atomic E-state index is 6.27. The molecule has 27 heavy (non-hydrogen) atoms. The highest BCUT2D eigenvalue weighted by Gasteiger charge is 2.15. The van der Waals surface area contributed by atoms with Crippen molar-refractivity contribution >= 4 is 0 Å². The van der Waals surface area contributed by atoms with Crippen LogP contribution in [0.2, 0.25) is 0 Å². The van der Waals surface area contributed by atoms with Crippen LogP contribution in [-0.2, 0) is 11.2 Å². The summed E-state index contributed by atoms with van der Waals surface area (Å²) in [6.45, 7) is 1.78. The summed E-state index contributed by atoms with van der Waals surface area (Å²) in [6, 6.07) is 16.7. The van der Waals surface area contributed by atoms with Crippen LogP contribution in [0.5, 0.6) is 11.5 Å². The van der Waals surface area contributed by atoms with Crippen molar-refractivity contribution < 1.29 is 14.2 Å². The van der Waals surface area contributed by atoms with Crippen LogP contribution in [0.15, 0.2) is 48.5 Å². The molecule has 4 heteroatoms. The number of hydrogen-bond donors (Lipinski definition) is 0. The van der Waals surface area contributed by atoms with Gasteiger partial charge in [0, 0.05) is 6.61 Å². The fourth-order valence-corrected chi connectivity index (χ4v) is 3.14. The minimum atomic E-state index is 0.0654. The van der Waals surface area contributed by atoms with Crippen molar-refractivity contribution in [2.45, 2.75) is 31.8 Å². The molecule has 4 nitrogen and oxygen atoms in total. The number of rotatable bonds is 12. The third-order valence-corrected chi connectivity index (χ3v) is 4.62. The van der Waals surface area contributed by atoms with E-state index in [0.29, 0.717) is 0 Å². The summed E-state index contributed by atoms with van der Waals surface area (Å²) in [5.41, 5.74) is 2.52. The van der Waals surface area contributed by atoms with Crippen molar-refractivity contribution in [3.8, 4) is 11.5 Å². The molecule has 0 aliphatic carbocycles. The minimum absolute atomic E-state index is 0.0654. The van der Waals surface area contributed by atoms with E-state index in [4.69, 9.17) is 14.2 Å². The van der Waals surface area contributed by atoms with E-state index in [1.807, 2.05) is 12.1 Å². The molecule has 0 amide bonds. The van der Waals surface area contributed by atoms with Crippen LogP contribution in [0.1, 0.15) is 36.5 Å². The van der Waals surface area contributed by atoms with E-state index >= 15 is 0 Å². The Kier molecular flexibility index (Phi) is 9.16. The summed E-state index contributed by atoms with van der Waals surface area (Å²) < 4.78 is 17.1. The van der Waals surface area contributed by atoms with Crippen molar-refractivity contribution in [2.24, 2.45) is 0 Å². The van der Waals surface area contributed by atoms with E-state index in [9.17, 15) is 0 Å². The van der Waals surface area contributed by atoms with Crippen LogP contribution in [0.3, 0.4) is 0 Å². The van der Waals surface area contributed by atoms with Gasteiger partial charge >= 0.3 is 0 Å². The van der Waals surface area contributed by atoms with Crippen molar-refractivity contribution in [2.75, 3.05) is 41.5 Å². The lowest BCUT2D eigenvalue weighted by atomic mass is 10.0. The number of aryl methyl sites for hydroxylation is 1. The second-order valence-corrected chi connectivity index (χ2v) is 7.01. The third-order valence-electron chi connectivity index (χ3n) is 4.62. The maximum absolute atomic E-state index is 6.27. The zero-order valence-corrected chi connectivity index (χ0v) is 17.1. The van der Waals surface area contributed by atoms with Crippen LogP contribution in [0, 0.1) is 0 Å². The lowest BCUT2D eigenvalue weighted by Crippen LogP contribution is -2.16. The summed E-state index contributed by atoms with van der Waals surface area (Å²) in [4.78, 5) is 2.18. The molecule has 0 fully saturated rings. The summed E-state index contributed by atoms with van der Waals surface area (Å²) in [7, 11) is 7.51. The van der Waals surface area contributed by atoms with Gasteiger partial charge in [-0.1, -0.05) is 36.4 Å². The fourth-order valence-electron chi connectivity index (χ4n) is 3.14. The van der Waals surface area contributed by atoms with Crippen molar-refractivity contribution in [1.29, 1.82) is 0 Å². The number of methoxy groups -OCH3 is 2. The second-order valence-electron chi connectivity index (χ2n) is 7.01. The van der Waals surface area contributed by atoms with Crippen LogP contribution in [0.25, 0.3) is 0 Å². The van der Waals surface area contributed by atoms with E-state index in [2.05, 4.69) is 55.4 Å². The smallest absolute Gasteiger partial charge is 0.161 e. The predicted molar refractivity (Wildman–Crippen MR) is 111 cm³/mol. The van der Waals surface area contributed by atoms with Crippen LogP contribution >= 0.6 is 0 Å². The largest absolute Gasteiger partial charge is 0.493 e. The predicted octanol–water partition coefficient (Wildman–Crippen LogP) is 4.74. The minimum Gasteiger partial charge on any atom is -0.493 e. The Bertz CT molecular complexity index is 658. The first kappa shape index (κ1) is 21.3. The summed E-state index contributed by atoms with van der Waals surface area (Å²) >= 11 is 0. The number of benzene rings is 2. The first-order valence-electron chi connectivity index (χ1n) is 9.66. The zero-order chi connectivity index (χ0) is 19.5. The van der Waals surface area contributed by atoms with Gasteiger partial charge in [-0.2, -0.15) is 0 Å². The van der Waals surface area contributed by atoms with Gasteiger partial charge in [0.05, 0.1) is 20.3 Å². The molecule has 2 rings (SSSR count). The van der Waals surface area contributed by atoms with Gasteiger partial charge in [0.1, 0.15) is 0 Å². The Labute approximate surface area is 164 Å². The molecule has 1 atom stereocenters. The highest BCUT2D eigenvalue weighted by Crippen LogP contribution is 2.33. The molecule has 0 radical (unpaired) electrons. The SMILES string of the molecule is COc1ccc(C(CCCc2ccccc2)OCCCN(C)C)cc1OC. The topological polar surface area (TPSA) is 30.9 Å². The molecule has 0 aromatic heterocycles. The Hall–Kier alpha value is -2.04. The quantitative estimate of drug-likeness (QED) is 0.505. The molecule has 0 aliphatic rings. The second kappa shape index (κ2) is 11.6. The molecular formula is C23H33NO3. The molecule has 0 saturated heterocycles. The van der Waals surface area contributed by atoms with Crippen molar-refractivity contribution in [1.82, 2.24) is 4.90 Å². The molecule has 0 aliphatic heterocycles. The number of nitrogens with zero attached hydrogens (tertiary/aromatic N) is 1. The average Bonchev–Trinajstić information content (AvgIpc) is 2.69. The Balaban J connectivity index is 2.01. The van der Waals surface area contributed by atoms with Gasteiger partial charge in [-0.05, 0) is 69.6 Å². The molecule has 0 N–H and O–H groups in total. The Morgan fingerprint density at radius 2 is 1.63 bits per heavy atom. The first-order valence-corrected chi connectivity index (χ1v) is 9.66. The van der Waals surface area contributed by atoms with Crippen LogP contribution in [-0.4, -0.2) is 46.4 Å². The summed E-state index contributed by atoms with van der Waals surface area (Å²) in [5.74, 6) is 1.50. The average molecular weight is 372 g/mol. The zero-order valence-electron chi connectivity index (χ0n) is 17.1. The first-order chi connectivity index (χ1) is 13.1. The molecule has 1 unspecified atom stereocenters. The standard InChI is InChI=1S/C23H33NO3/c1-24(2)16-9-17-27-21(13-8-12-19-10-6-5-7-11-19)20-14-15-22(25-3)23(18-20)26-4/h5-7,10-11,14-15,18,21H,8-9,12-13,16-17H2,1-4H3. The molecule has 0 spiro atoms. The highest BCUT2D eigenvalue weighted by atomic mass is 16.5. The number of hydrogen-bond acceptors (Lipinski definition) is 4. The molecule has 0 bridgehead atoms. The van der Waals surface area contributed by atoms with Crippen LogP contribution in [0.4, 0.5) is 0 Å². The van der Waals surface area contributed by atoms with E-state index < -0.39 is 0 Å². The van der Waals surface area contributed by atoms with Gasteiger partial charge in [0.2, 0.25) is 0 Å². The van der Waals surface area contributed by atoms with Gasteiger partial charge in [-0.15, -0.1) is 0 Å². The molecule has 0 saturated carbocycles. The highest BCUT2D eigenvalue weighted by molar-refractivity contribution is 5.43. The van der Waals surface area contributed by atoms with Gasteiger partial charge in [0.25, 0.3) is 0 Å².